The number of hydrogen-bond acceptors (Lipinski definition) is 6. The maximum absolute atomic E-state index is 12.6. The van der Waals surface area contributed by atoms with Crippen LogP contribution in [0.15, 0.2) is 12.4 Å². The lowest BCUT2D eigenvalue weighted by molar-refractivity contribution is -0.126. The number of fused-ring (bicyclic) bond motifs is 1. The van der Waals surface area contributed by atoms with Crippen molar-refractivity contribution in [3.63, 3.8) is 0 Å². The van der Waals surface area contributed by atoms with Gasteiger partial charge >= 0.3 is 0 Å². The van der Waals surface area contributed by atoms with Gasteiger partial charge in [0, 0.05) is 44.0 Å². The van der Waals surface area contributed by atoms with E-state index in [-0.39, 0.29) is 11.9 Å². The third-order valence-electron chi connectivity index (χ3n) is 5.92. The summed E-state index contributed by atoms with van der Waals surface area (Å²) in [6, 6.07) is 2.40. The topological polar surface area (TPSA) is 78.7 Å². The maximum Gasteiger partial charge on any atom is 0.254 e. The monoisotopic (exact) mass is 371 g/mol. The van der Waals surface area contributed by atoms with Crippen molar-refractivity contribution in [2.75, 3.05) is 31.1 Å². The number of anilines is 1. The summed E-state index contributed by atoms with van der Waals surface area (Å²) in [5.74, 6) is 1.86. The molecule has 27 heavy (non-hydrogen) atoms. The van der Waals surface area contributed by atoms with Gasteiger partial charge in [-0.15, -0.1) is 0 Å². The maximum atomic E-state index is 12.6. The highest BCUT2D eigenvalue weighted by atomic mass is 16.2. The Hall–Kier alpha value is -2.22. The largest absolute Gasteiger partial charge is 0.354 e. The summed E-state index contributed by atoms with van der Waals surface area (Å²) in [4.78, 5) is 25.9. The molecule has 2 aromatic heterocycles. The van der Waals surface area contributed by atoms with E-state index in [1.54, 1.807) is 6.33 Å². The van der Waals surface area contributed by atoms with Gasteiger partial charge in [0.15, 0.2) is 0 Å². The minimum absolute atomic E-state index is 0.0808. The number of carbonyl (C=O) groups excluding carboxylic acids is 1. The van der Waals surface area contributed by atoms with Crippen LogP contribution in [0.5, 0.6) is 0 Å². The Kier molecular flexibility index (Phi) is 5.24. The van der Waals surface area contributed by atoms with E-state index in [2.05, 4.69) is 43.2 Å². The lowest BCUT2D eigenvalue weighted by Gasteiger charge is -2.38. The van der Waals surface area contributed by atoms with Crippen LogP contribution in [0.2, 0.25) is 0 Å². The van der Waals surface area contributed by atoms with Crippen molar-refractivity contribution in [3.8, 4) is 0 Å². The number of aryl methyl sites for hydroxylation is 1. The molecule has 2 aromatic rings. The summed E-state index contributed by atoms with van der Waals surface area (Å²) in [5, 5.41) is 7.56. The highest BCUT2D eigenvalue weighted by Crippen LogP contribution is 2.20. The molecule has 3 heterocycles. The second-order valence-corrected chi connectivity index (χ2v) is 7.62. The molecule has 8 nitrogen and oxygen atoms in total. The fraction of sp³-hybridized carbons (Fsp3) is 0.684. The van der Waals surface area contributed by atoms with Crippen molar-refractivity contribution < 1.29 is 4.79 Å². The van der Waals surface area contributed by atoms with Crippen LogP contribution in [0, 0.1) is 0 Å². The SMILES string of the molecule is CCc1cc(N2CCN(C(C)C(=O)NC3CCCC3)CC2)n2ncnc2n1. The molecule has 2 aliphatic rings. The first-order valence-electron chi connectivity index (χ1n) is 10.1. The van der Waals surface area contributed by atoms with Crippen molar-refractivity contribution in [1.82, 2.24) is 29.8 Å². The Morgan fingerprint density at radius 1 is 1.26 bits per heavy atom. The lowest BCUT2D eigenvalue weighted by atomic mass is 10.2. The van der Waals surface area contributed by atoms with Crippen LogP contribution in [-0.4, -0.2) is 68.7 Å². The number of hydrogen-bond donors (Lipinski definition) is 1. The van der Waals surface area contributed by atoms with E-state index >= 15 is 0 Å². The summed E-state index contributed by atoms with van der Waals surface area (Å²) in [5.41, 5.74) is 1.03. The van der Waals surface area contributed by atoms with Crippen molar-refractivity contribution in [3.05, 3.63) is 18.1 Å². The van der Waals surface area contributed by atoms with Crippen LogP contribution in [0.25, 0.3) is 5.78 Å². The number of piperazine rings is 1. The standard InChI is InChI=1S/C19H29N7O/c1-3-15-12-17(26-19(23-15)20-13-21-26)25-10-8-24(9-11-25)14(2)18(27)22-16-6-4-5-7-16/h12-14,16H,3-11H2,1-2H3,(H,22,27). The van der Waals surface area contributed by atoms with Crippen molar-refractivity contribution in [2.24, 2.45) is 0 Å². The van der Waals surface area contributed by atoms with Gasteiger partial charge in [0.1, 0.15) is 12.1 Å². The molecule has 0 bridgehead atoms. The number of aromatic nitrogens is 4. The van der Waals surface area contributed by atoms with E-state index < -0.39 is 0 Å². The van der Waals surface area contributed by atoms with Crippen LogP contribution in [0.3, 0.4) is 0 Å². The summed E-state index contributed by atoms with van der Waals surface area (Å²) in [6.45, 7) is 7.57. The van der Waals surface area contributed by atoms with Crippen LogP contribution in [0.4, 0.5) is 5.82 Å². The molecule has 4 rings (SSSR count). The van der Waals surface area contributed by atoms with Crippen molar-refractivity contribution >= 4 is 17.5 Å². The molecular formula is C19H29N7O. The first kappa shape index (κ1) is 18.2. The van der Waals surface area contributed by atoms with Crippen molar-refractivity contribution in [2.45, 2.75) is 58.0 Å². The second-order valence-electron chi connectivity index (χ2n) is 7.62. The zero-order valence-electron chi connectivity index (χ0n) is 16.3. The number of rotatable bonds is 5. The molecule has 1 aliphatic carbocycles. The molecule has 0 radical (unpaired) electrons. The van der Waals surface area contributed by atoms with Crippen molar-refractivity contribution in [1.29, 1.82) is 0 Å². The van der Waals surface area contributed by atoms with Crippen LogP contribution in [0.1, 0.15) is 45.2 Å². The Labute approximate surface area is 160 Å². The fourth-order valence-corrected chi connectivity index (χ4v) is 4.15. The minimum atomic E-state index is -0.0808. The van der Waals surface area contributed by atoms with E-state index in [1.165, 1.54) is 12.8 Å². The number of amides is 1. The molecule has 0 spiro atoms. The summed E-state index contributed by atoms with van der Waals surface area (Å²) >= 11 is 0. The zero-order valence-corrected chi connectivity index (χ0v) is 16.3. The average Bonchev–Trinajstić information content (AvgIpc) is 3.38. The van der Waals surface area contributed by atoms with Gasteiger partial charge < -0.3 is 10.2 Å². The Morgan fingerprint density at radius 2 is 2.00 bits per heavy atom. The smallest absolute Gasteiger partial charge is 0.254 e. The molecule has 1 atom stereocenters. The summed E-state index contributed by atoms with van der Waals surface area (Å²) < 4.78 is 1.81. The molecule has 1 unspecified atom stereocenters. The van der Waals surface area contributed by atoms with Gasteiger partial charge in [-0.25, -0.2) is 4.98 Å². The van der Waals surface area contributed by atoms with Crippen LogP contribution < -0.4 is 10.2 Å². The third kappa shape index (κ3) is 3.76. The molecule has 1 amide bonds. The van der Waals surface area contributed by atoms with E-state index in [1.807, 2.05) is 11.4 Å². The molecule has 1 N–H and O–H groups in total. The second kappa shape index (κ2) is 7.80. The van der Waals surface area contributed by atoms with Gasteiger partial charge in [0.2, 0.25) is 5.91 Å². The summed E-state index contributed by atoms with van der Waals surface area (Å²) in [7, 11) is 0. The lowest BCUT2D eigenvalue weighted by Crippen LogP contribution is -2.55. The predicted molar refractivity (Wildman–Crippen MR) is 104 cm³/mol. The Balaban J connectivity index is 1.40. The molecule has 146 valence electrons. The van der Waals surface area contributed by atoms with Gasteiger partial charge in [-0.2, -0.15) is 14.6 Å². The van der Waals surface area contributed by atoms with Gasteiger partial charge in [-0.3, -0.25) is 9.69 Å². The van der Waals surface area contributed by atoms with E-state index in [0.717, 1.165) is 57.0 Å². The molecular weight excluding hydrogens is 342 g/mol. The average molecular weight is 371 g/mol. The third-order valence-corrected chi connectivity index (χ3v) is 5.92. The Bertz CT molecular complexity index is 790. The Morgan fingerprint density at radius 3 is 2.70 bits per heavy atom. The van der Waals surface area contributed by atoms with E-state index in [9.17, 15) is 4.79 Å². The van der Waals surface area contributed by atoms with Crippen LogP contribution in [-0.2, 0) is 11.2 Å². The molecule has 1 saturated carbocycles. The van der Waals surface area contributed by atoms with Crippen LogP contribution >= 0.6 is 0 Å². The fourth-order valence-electron chi connectivity index (χ4n) is 4.15. The first-order chi connectivity index (χ1) is 13.2. The molecule has 1 saturated heterocycles. The van der Waals surface area contributed by atoms with Gasteiger partial charge in [-0.1, -0.05) is 19.8 Å². The molecule has 0 aromatic carbocycles. The highest BCUT2D eigenvalue weighted by Gasteiger charge is 2.28. The van der Waals surface area contributed by atoms with E-state index in [0.29, 0.717) is 11.8 Å². The highest BCUT2D eigenvalue weighted by molar-refractivity contribution is 5.81. The molecule has 8 heteroatoms. The molecule has 2 fully saturated rings. The first-order valence-corrected chi connectivity index (χ1v) is 10.1. The predicted octanol–water partition coefficient (Wildman–Crippen LogP) is 1.26. The summed E-state index contributed by atoms with van der Waals surface area (Å²) in [6.07, 6.45) is 7.15. The normalized spacial score (nSPS) is 20.3. The quantitative estimate of drug-likeness (QED) is 0.852. The minimum Gasteiger partial charge on any atom is -0.354 e. The van der Waals surface area contributed by atoms with E-state index in [4.69, 9.17) is 0 Å². The van der Waals surface area contributed by atoms with Gasteiger partial charge in [0.25, 0.3) is 5.78 Å². The number of nitrogens with one attached hydrogen (secondary N) is 1. The zero-order chi connectivity index (χ0) is 18.8. The van der Waals surface area contributed by atoms with Gasteiger partial charge in [0.05, 0.1) is 6.04 Å². The number of nitrogens with zero attached hydrogens (tertiary/aromatic N) is 6. The number of carbonyl (C=O) groups is 1. The molecule has 1 aliphatic heterocycles. The van der Waals surface area contributed by atoms with Gasteiger partial charge in [-0.05, 0) is 26.2 Å².